The van der Waals surface area contributed by atoms with Crippen LogP contribution in [0, 0.1) is 0 Å². The first kappa shape index (κ1) is 28.3. The summed E-state index contributed by atoms with van der Waals surface area (Å²) in [7, 11) is 1.70. The average Bonchev–Trinajstić information content (AvgIpc) is 3.39. The number of carboxylic acid groups (broad SMARTS) is 1. The second-order valence-electron chi connectivity index (χ2n) is 9.03. The van der Waals surface area contributed by atoms with E-state index in [0.717, 1.165) is 58.4 Å². The minimum absolute atomic E-state index is 0.367. The highest BCUT2D eigenvalue weighted by Crippen LogP contribution is 2.38. The lowest BCUT2D eigenvalue weighted by atomic mass is 10.1. The Kier molecular flexibility index (Phi) is 9.79. The number of hydrogen-bond acceptors (Lipinski definition) is 6. The van der Waals surface area contributed by atoms with Crippen LogP contribution in [-0.4, -0.2) is 66.5 Å². The molecule has 7 nitrogen and oxygen atoms in total. The van der Waals surface area contributed by atoms with Crippen LogP contribution in [0.15, 0.2) is 36.4 Å². The van der Waals surface area contributed by atoms with Crippen LogP contribution in [0.1, 0.15) is 39.5 Å². The van der Waals surface area contributed by atoms with Crippen LogP contribution in [0.2, 0.25) is 0 Å². The fourth-order valence-corrected chi connectivity index (χ4v) is 4.15. The van der Waals surface area contributed by atoms with E-state index >= 15 is 0 Å². The third-order valence-electron chi connectivity index (χ3n) is 6.29. The number of aliphatic carboxylic acids is 1. The maximum atomic E-state index is 10.6. The molecule has 202 valence electrons. The van der Waals surface area contributed by atoms with Gasteiger partial charge in [0, 0.05) is 29.4 Å². The molecule has 1 saturated heterocycles. The Hall–Kier alpha value is -3.27. The zero-order valence-corrected chi connectivity index (χ0v) is 21.4. The van der Waals surface area contributed by atoms with Crippen LogP contribution in [0.5, 0.6) is 11.5 Å². The van der Waals surface area contributed by atoms with E-state index in [2.05, 4.69) is 48.3 Å². The van der Waals surface area contributed by atoms with Crippen molar-refractivity contribution in [3.63, 3.8) is 0 Å². The summed E-state index contributed by atoms with van der Waals surface area (Å²) in [6.45, 7) is 8.63. The Labute approximate surface area is 214 Å². The van der Waals surface area contributed by atoms with Gasteiger partial charge in [0.25, 0.3) is 0 Å². The quantitative estimate of drug-likeness (QED) is 0.260. The second kappa shape index (κ2) is 12.8. The molecule has 3 aromatic rings. The number of carboxylic acids is 1. The molecule has 2 aromatic carbocycles. The second-order valence-corrected chi connectivity index (χ2v) is 9.03. The SMILES string of the molecule is CC[C@H](C)Nc1c2ccccc2nc2cc(OCCCN3CCCC3)c(OC)cc12.O=C(O)C(F)(F)F. The Morgan fingerprint density at radius 2 is 1.81 bits per heavy atom. The van der Waals surface area contributed by atoms with Gasteiger partial charge >= 0.3 is 12.1 Å². The summed E-state index contributed by atoms with van der Waals surface area (Å²) >= 11 is 0. The molecule has 2 N–H and O–H groups in total. The summed E-state index contributed by atoms with van der Waals surface area (Å²) in [4.78, 5) is 16.3. The average molecular weight is 522 g/mol. The van der Waals surface area contributed by atoms with Crippen molar-refractivity contribution in [2.75, 3.05) is 38.7 Å². The monoisotopic (exact) mass is 521 g/mol. The van der Waals surface area contributed by atoms with Gasteiger partial charge in [-0.3, -0.25) is 0 Å². The number of fused-ring (bicyclic) bond motifs is 2. The van der Waals surface area contributed by atoms with Gasteiger partial charge in [0.15, 0.2) is 11.5 Å². The fraction of sp³-hybridized carbons (Fsp3) is 0.481. The summed E-state index contributed by atoms with van der Waals surface area (Å²) in [5, 5.41) is 13.0. The van der Waals surface area contributed by atoms with E-state index in [9.17, 15) is 13.2 Å². The predicted octanol–water partition coefficient (Wildman–Crippen LogP) is 6.11. The molecular weight excluding hydrogens is 487 g/mol. The van der Waals surface area contributed by atoms with Crippen LogP contribution in [0.25, 0.3) is 21.8 Å². The van der Waals surface area contributed by atoms with Gasteiger partial charge in [0.1, 0.15) is 0 Å². The maximum Gasteiger partial charge on any atom is 0.490 e. The van der Waals surface area contributed by atoms with E-state index in [4.69, 9.17) is 24.4 Å². The zero-order valence-electron chi connectivity index (χ0n) is 21.4. The molecule has 1 atom stereocenters. The van der Waals surface area contributed by atoms with Crippen molar-refractivity contribution >= 4 is 33.5 Å². The molecule has 0 unspecified atom stereocenters. The molecule has 1 aromatic heterocycles. The van der Waals surface area contributed by atoms with Crippen molar-refractivity contribution in [1.29, 1.82) is 0 Å². The minimum atomic E-state index is -5.08. The minimum Gasteiger partial charge on any atom is -0.493 e. The van der Waals surface area contributed by atoms with Crippen LogP contribution in [-0.2, 0) is 4.79 Å². The molecule has 10 heteroatoms. The molecular formula is C27H34F3N3O4. The lowest BCUT2D eigenvalue weighted by Gasteiger charge is -2.19. The number of carbonyl (C=O) groups is 1. The first-order valence-electron chi connectivity index (χ1n) is 12.5. The van der Waals surface area contributed by atoms with Gasteiger partial charge in [0.05, 0.1) is 30.4 Å². The van der Waals surface area contributed by atoms with E-state index in [0.29, 0.717) is 12.6 Å². The number of benzene rings is 2. The molecule has 2 heterocycles. The van der Waals surface area contributed by atoms with Crippen molar-refractivity contribution < 1.29 is 32.5 Å². The third-order valence-corrected chi connectivity index (χ3v) is 6.29. The summed E-state index contributed by atoms with van der Waals surface area (Å²) in [6, 6.07) is 12.7. The summed E-state index contributed by atoms with van der Waals surface area (Å²) in [6.07, 6.45) is -0.362. The molecule has 4 rings (SSSR count). The van der Waals surface area contributed by atoms with Gasteiger partial charge in [-0.25, -0.2) is 9.78 Å². The Morgan fingerprint density at radius 1 is 1.14 bits per heavy atom. The number of alkyl halides is 3. The first-order chi connectivity index (χ1) is 17.6. The van der Waals surface area contributed by atoms with Gasteiger partial charge in [-0.05, 0) is 57.8 Å². The highest BCUT2D eigenvalue weighted by Gasteiger charge is 2.38. The smallest absolute Gasteiger partial charge is 0.490 e. The number of nitrogens with zero attached hydrogens (tertiary/aromatic N) is 2. The molecule has 1 aliphatic rings. The number of para-hydroxylation sites is 1. The number of likely N-dealkylation sites (tertiary alicyclic amines) is 1. The van der Waals surface area contributed by atoms with Crippen molar-refractivity contribution in [3.05, 3.63) is 36.4 Å². The van der Waals surface area contributed by atoms with Crippen molar-refractivity contribution in [3.8, 4) is 11.5 Å². The molecule has 0 amide bonds. The number of anilines is 1. The summed E-state index contributed by atoms with van der Waals surface area (Å²) in [5.41, 5.74) is 3.03. The van der Waals surface area contributed by atoms with Crippen LogP contribution < -0.4 is 14.8 Å². The van der Waals surface area contributed by atoms with Crippen LogP contribution >= 0.6 is 0 Å². The number of rotatable bonds is 9. The molecule has 0 spiro atoms. The number of hydrogen-bond donors (Lipinski definition) is 2. The van der Waals surface area contributed by atoms with Crippen molar-refractivity contribution in [1.82, 2.24) is 9.88 Å². The highest BCUT2D eigenvalue weighted by molar-refractivity contribution is 6.08. The number of halogens is 3. The van der Waals surface area contributed by atoms with E-state index in [1.165, 1.54) is 25.9 Å². The fourth-order valence-electron chi connectivity index (χ4n) is 4.15. The van der Waals surface area contributed by atoms with E-state index in [-0.39, 0.29) is 0 Å². The zero-order chi connectivity index (χ0) is 27.0. The van der Waals surface area contributed by atoms with Crippen molar-refractivity contribution in [2.45, 2.75) is 51.7 Å². The molecule has 0 radical (unpaired) electrons. The largest absolute Gasteiger partial charge is 0.493 e. The topological polar surface area (TPSA) is 83.9 Å². The number of ether oxygens (including phenoxy) is 2. The normalized spacial score (nSPS) is 14.8. The standard InChI is InChI=1S/C25H33N3O2.C2HF3O2/c1-4-18(2)26-25-19-10-5-6-11-21(19)27-22-17-24(23(29-3)16-20(22)25)30-15-9-14-28-12-7-8-13-28;3-2(4,5)1(6)7/h5-6,10-11,16-18H,4,7-9,12-15H2,1-3H3,(H,26,27);(H,6,7)/t18-;/m0./s1. The van der Waals surface area contributed by atoms with Gasteiger partial charge in [-0.1, -0.05) is 25.1 Å². The first-order valence-corrected chi connectivity index (χ1v) is 12.5. The number of aromatic nitrogens is 1. The number of pyridine rings is 1. The molecule has 1 fully saturated rings. The van der Waals surface area contributed by atoms with E-state index in [1.807, 2.05) is 12.1 Å². The van der Waals surface area contributed by atoms with E-state index < -0.39 is 12.1 Å². The summed E-state index contributed by atoms with van der Waals surface area (Å²) in [5.74, 6) is -1.23. The van der Waals surface area contributed by atoms with Crippen molar-refractivity contribution in [2.24, 2.45) is 0 Å². The molecule has 37 heavy (non-hydrogen) atoms. The number of methoxy groups -OCH3 is 1. The predicted molar refractivity (Wildman–Crippen MR) is 139 cm³/mol. The number of nitrogens with one attached hydrogen (secondary N) is 1. The van der Waals surface area contributed by atoms with Gasteiger partial charge in [-0.2, -0.15) is 13.2 Å². The lowest BCUT2D eigenvalue weighted by molar-refractivity contribution is -0.192. The molecule has 1 aliphatic heterocycles. The van der Waals surface area contributed by atoms with Crippen LogP contribution in [0.4, 0.5) is 18.9 Å². The lowest BCUT2D eigenvalue weighted by Crippen LogP contribution is -2.21. The Morgan fingerprint density at radius 3 is 2.43 bits per heavy atom. The molecule has 0 aliphatic carbocycles. The maximum absolute atomic E-state index is 10.6. The van der Waals surface area contributed by atoms with Gasteiger partial charge in [-0.15, -0.1) is 0 Å². The molecule has 0 saturated carbocycles. The van der Waals surface area contributed by atoms with Gasteiger partial charge < -0.3 is 24.8 Å². The van der Waals surface area contributed by atoms with Crippen LogP contribution in [0.3, 0.4) is 0 Å². The Balaban J connectivity index is 0.000000479. The third kappa shape index (κ3) is 7.61. The molecule has 0 bridgehead atoms. The van der Waals surface area contributed by atoms with Gasteiger partial charge in [0.2, 0.25) is 0 Å². The summed E-state index contributed by atoms with van der Waals surface area (Å²) < 4.78 is 43.6. The van der Waals surface area contributed by atoms with E-state index in [1.54, 1.807) is 7.11 Å². The highest BCUT2D eigenvalue weighted by atomic mass is 19.4. The Bertz CT molecular complexity index is 1200.